The minimum absolute atomic E-state index is 0.0213. The van der Waals surface area contributed by atoms with Crippen LogP contribution in [0, 0.1) is 24.7 Å². The highest BCUT2D eigenvalue weighted by Gasteiger charge is 2.52. The molecule has 3 aliphatic heterocycles. The molecule has 3 saturated heterocycles. The summed E-state index contributed by atoms with van der Waals surface area (Å²) in [5.74, 6) is -9.12. The van der Waals surface area contributed by atoms with E-state index >= 15 is 19.2 Å². The van der Waals surface area contributed by atoms with E-state index in [1.807, 2.05) is 39.8 Å². The predicted molar refractivity (Wildman–Crippen MR) is 373 cm³/mol. The Morgan fingerprint density at radius 1 is 0.663 bits per heavy atom. The van der Waals surface area contributed by atoms with Gasteiger partial charge in [0.15, 0.2) is 0 Å². The standard InChI is InChI=1S/C73H106ClF3N12O12/c1-15-45(5)60-69(99)83(10)46(6)64(94)89-37-33-54(89)68(98)85(12)56(40-48-27-25-44(4)26-28-48)67(97)82(9)42-58(90)78-52(32-30-47-29-31-50(51(74)39-47)73(75,76)77)65(95)88-36-21-24-53(88)63(93)80-72(34-19-20-35-72)71(101)87(14)61(49-22-17-16-18-23-49)70(100)86(13)57(66(96)81(7)8)41-59(91)84(11)55(38-43(2)3)62(92)79-60/h25-29,31,39,43,45-46,49,52-57,60-61H,15-24,30,32-38,40-42H2,1-14H3,(H,78,90)(H,79,92)(H,80,93)/t45-,46-,52-,53-,54-,55-,56-,57-,60-,61-/m0/s1. The van der Waals surface area contributed by atoms with E-state index in [-0.39, 0.29) is 75.9 Å². The number of amides is 12. The maximum Gasteiger partial charge on any atom is 0.417 e. The lowest BCUT2D eigenvalue weighted by Gasteiger charge is -2.45. The van der Waals surface area contributed by atoms with Crippen molar-refractivity contribution in [1.82, 2.24) is 60.0 Å². The summed E-state index contributed by atoms with van der Waals surface area (Å²) in [6.07, 6.45) is 0.149. The number of rotatable bonds is 11. The molecule has 28 heteroatoms. The van der Waals surface area contributed by atoms with Crippen molar-refractivity contribution in [2.75, 3.05) is 76.0 Å². The maximum atomic E-state index is 15.6. The first-order valence-electron chi connectivity index (χ1n) is 35.7. The van der Waals surface area contributed by atoms with Gasteiger partial charge in [-0.15, -0.1) is 0 Å². The van der Waals surface area contributed by atoms with Gasteiger partial charge in [-0.3, -0.25) is 57.5 Å². The van der Waals surface area contributed by atoms with E-state index in [1.54, 1.807) is 19.1 Å². The topological polar surface area (TPSA) is 270 Å². The van der Waals surface area contributed by atoms with Crippen molar-refractivity contribution in [3.05, 3.63) is 69.7 Å². The fraction of sp³-hybridized carbons (Fsp3) is 0.671. The predicted octanol–water partition coefficient (Wildman–Crippen LogP) is 5.61. The number of carbonyl (C=O) groups excluding carboxylic acids is 12. The highest BCUT2D eigenvalue weighted by atomic mass is 35.5. The summed E-state index contributed by atoms with van der Waals surface area (Å²) in [5, 5.41) is 8.14. The van der Waals surface area contributed by atoms with E-state index < -0.39 is 172 Å². The number of carbonyl (C=O) groups is 12. The number of aryl methyl sites for hydroxylation is 2. The van der Waals surface area contributed by atoms with E-state index in [1.165, 1.54) is 109 Å². The van der Waals surface area contributed by atoms with Crippen LogP contribution in [0.1, 0.15) is 160 Å². The molecule has 0 unspecified atom stereocenters. The number of hydrogen-bond donors (Lipinski definition) is 3. The minimum atomic E-state index is -4.77. The molecule has 5 aliphatic rings. The lowest BCUT2D eigenvalue weighted by molar-refractivity contribution is -0.160. The molecule has 1 spiro atoms. The second-order valence-corrected chi connectivity index (χ2v) is 29.8. The number of nitrogens with zero attached hydrogens (tertiary/aromatic N) is 9. The smallest absolute Gasteiger partial charge is 0.347 e. The van der Waals surface area contributed by atoms with Crippen LogP contribution in [-0.2, 0) is 76.6 Å². The van der Waals surface area contributed by atoms with Crippen molar-refractivity contribution in [1.29, 1.82) is 0 Å². The zero-order valence-electron chi connectivity index (χ0n) is 61.3. The van der Waals surface area contributed by atoms with Gasteiger partial charge in [0.2, 0.25) is 70.9 Å². The summed E-state index contributed by atoms with van der Waals surface area (Å²) in [6, 6.07) is -0.896. The molecule has 24 nitrogen and oxygen atoms in total. The number of nitrogens with one attached hydrogen (secondary N) is 3. The van der Waals surface area contributed by atoms with Gasteiger partial charge in [-0.1, -0.05) is 114 Å². The molecule has 3 N–H and O–H groups in total. The Balaban J connectivity index is 1.30. The van der Waals surface area contributed by atoms with Gasteiger partial charge in [0.25, 0.3) is 0 Å². The molecule has 7 rings (SSSR count). The number of benzene rings is 2. The van der Waals surface area contributed by atoms with Crippen molar-refractivity contribution in [2.45, 2.75) is 223 Å². The second-order valence-electron chi connectivity index (χ2n) is 29.4. The summed E-state index contributed by atoms with van der Waals surface area (Å²) in [4.78, 5) is 191. The Labute approximate surface area is 597 Å². The van der Waals surface area contributed by atoms with E-state index in [0.717, 1.165) is 41.9 Å². The van der Waals surface area contributed by atoms with Crippen LogP contribution in [0.2, 0.25) is 5.02 Å². The number of alkyl halides is 3. The molecule has 0 aromatic heterocycles. The third-order valence-corrected chi connectivity index (χ3v) is 22.0. The Morgan fingerprint density at radius 3 is 1.86 bits per heavy atom. The fourth-order valence-corrected chi connectivity index (χ4v) is 15.2. The molecule has 5 fully saturated rings. The van der Waals surface area contributed by atoms with E-state index in [4.69, 9.17) is 11.6 Å². The van der Waals surface area contributed by atoms with Crippen molar-refractivity contribution in [2.24, 2.45) is 17.8 Å². The Kier molecular flexibility index (Phi) is 27.4. The van der Waals surface area contributed by atoms with Gasteiger partial charge in [-0.25, -0.2) is 0 Å². The third kappa shape index (κ3) is 18.9. The van der Waals surface area contributed by atoms with Gasteiger partial charge in [0.05, 0.1) is 23.6 Å². The van der Waals surface area contributed by atoms with Crippen LogP contribution in [0.5, 0.6) is 0 Å². The van der Waals surface area contributed by atoms with Crippen molar-refractivity contribution >= 4 is 82.5 Å². The number of halogens is 4. The first-order chi connectivity index (χ1) is 47.4. The second kappa shape index (κ2) is 34.4. The Hall–Kier alpha value is -7.84. The third-order valence-electron chi connectivity index (χ3n) is 21.7. The number of likely N-dealkylation sites (N-methyl/N-ethyl adjacent to an activating group) is 7. The van der Waals surface area contributed by atoms with Crippen molar-refractivity contribution in [3.63, 3.8) is 0 Å². The molecule has 0 radical (unpaired) electrons. The monoisotopic (exact) mass is 1430 g/mol. The molecule has 0 bridgehead atoms. The Morgan fingerprint density at radius 2 is 1.29 bits per heavy atom. The quantitative estimate of drug-likeness (QED) is 0.248. The summed E-state index contributed by atoms with van der Waals surface area (Å²) in [6.45, 7) is 10.2. The van der Waals surface area contributed by atoms with Crippen LogP contribution < -0.4 is 16.0 Å². The summed E-state index contributed by atoms with van der Waals surface area (Å²) < 4.78 is 41.7. The van der Waals surface area contributed by atoms with Gasteiger partial charge >= 0.3 is 6.18 Å². The van der Waals surface area contributed by atoms with E-state index in [9.17, 15) is 51.5 Å². The molecular formula is C73H106ClF3N12O12. The molecule has 2 aromatic rings. The van der Waals surface area contributed by atoms with Crippen LogP contribution in [0.25, 0.3) is 0 Å². The average molecular weight is 1440 g/mol. The first-order valence-corrected chi connectivity index (χ1v) is 36.1. The molecule has 101 heavy (non-hydrogen) atoms. The summed E-state index contributed by atoms with van der Waals surface area (Å²) in [5.41, 5.74) is -0.809. The van der Waals surface area contributed by atoms with E-state index in [2.05, 4.69) is 16.0 Å². The average Bonchev–Trinajstić information content (AvgIpc) is 1.76. The minimum Gasteiger partial charge on any atom is -0.347 e. The van der Waals surface area contributed by atoms with Gasteiger partial charge in [-0.05, 0) is 119 Å². The largest absolute Gasteiger partial charge is 0.417 e. The molecule has 10 atom stereocenters. The molecule has 2 saturated carbocycles. The first kappa shape index (κ1) is 80.5. The van der Waals surface area contributed by atoms with Gasteiger partial charge in [0.1, 0.15) is 59.9 Å². The lowest BCUT2D eigenvalue weighted by Crippen LogP contribution is -2.65. The highest BCUT2D eigenvalue weighted by Crippen LogP contribution is 2.38. The number of fused-ring (bicyclic) bond motifs is 2. The zero-order valence-corrected chi connectivity index (χ0v) is 62.0. The molecular weight excluding hydrogens is 1330 g/mol. The molecule has 12 amide bonds. The SMILES string of the molecule is CC[C@H](C)[C@@H]1NC(=O)[C@H](CC(C)C)N(C)C(=O)C[C@@H](C(=O)N(C)C)N(C)C(=O)[C@H](C2CCCCC2)N(C)C(=O)C2(CCCC2)NC(=O)[C@@H]2CCCN2C(=O)[C@H](CCc2ccc(C(F)(F)F)c(Cl)c2)NC(=O)CN(C)C(=O)[C@H](Cc2ccc(C)cc2)N(C)C(=O)[C@@H]2CCN2C(=O)[C@H](C)N(C)C1=O. The normalized spacial score (nSPS) is 26.6. The lowest BCUT2D eigenvalue weighted by atomic mass is 9.81. The van der Waals surface area contributed by atoms with Crippen LogP contribution >= 0.6 is 11.6 Å². The molecule has 2 aromatic carbocycles. The molecule has 2 aliphatic carbocycles. The fourth-order valence-electron chi connectivity index (χ4n) is 14.9. The zero-order chi connectivity index (χ0) is 74.9. The molecule has 3 heterocycles. The Bertz CT molecular complexity index is 3380. The summed E-state index contributed by atoms with van der Waals surface area (Å²) in [7, 11) is 11.5. The number of hydrogen-bond acceptors (Lipinski definition) is 12. The molecule has 558 valence electrons. The van der Waals surface area contributed by atoms with E-state index in [0.29, 0.717) is 44.1 Å². The highest BCUT2D eigenvalue weighted by molar-refractivity contribution is 6.31. The van der Waals surface area contributed by atoms with Crippen LogP contribution in [-0.4, -0.2) is 251 Å². The van der Waals surface area contributed by atoms with Crippen LogP contribution in [0.4, 0.5) is 13.2 Å². The summed E-state index contributed by atoms with van der Waals surface area (Å²) >= 11 is 6.16. The van der Waals surface area contributed by atoms with Gasteiger partial charge < -0.3 is 60.0 Å². The van der Waals surface area contributed by atoms with Crippen molar-refractivity contribution in [3.8, 4) is 0 Å². The maximum absolute atomic E-state index is 15.6. The van der Waals surface area contributed by atoms with Gasteiger partial charge in [0, 0.05) is 75.9 Å². The van der Waals surface area contributed by atoms with Crippen molar-refractivity contribution < 1.29 is 70.7 Å². The van der Waals surface area contributed by atoms with Gasteiger partial charge in [-0.2, -0.15) is 13.2 Å². The van der Waals surface area contributed by atoms with Crippen LogP contribution in [0.3, 0.4) is 0 Å². The van der Waals surface area contributed by atoms with Crippen LogP contribution in [0.15, 0.2) is 42.5 Å².